The third kappa shape index (κ3) is 2.20. The molecular formula is C14H12N4O. The topological polar surface area (TPSA) is 70.8 Å². The maximum atomic E-state index is 9.06. The Kier molecular flexibility index (Phi) is 2.99. The van der Waals surface area contributed by atoms with Crippen LogP contribution in [0.3, 0.4) is 0 Å². The van der Waals surface area contributed by atoms with E-state index in [4.69, 9.17) is 10.00 Å². The molecule has 0 saturated carbocycles. The van der Waals surface area contributed by atoms with Crippen molar-refractivity contribution in [2.75, 3.05) is 11.9 Å². The number of aromatic nitrogens is 2. The maximum Gasteiger partial charge on any atom is 0.167 e. The van der Waals surface area contributed by atoms with Crippen LogP contribution in [0.15, 0.2) is 36.5 Å². The van der Waals surface area contributed by atoms with Crippen molar-refractivity contribution in [1.82, 2.24) is 10.2 Å². The normalized spacial score (nSPS) is 16.9. The highest BCUT2D eigenvalue weighted by atomic mass is 16.5. The van der Waals surface area contributed by atoms with E-state index in [1.807, 2.05) is 24.3 Å². The van der Waals surface area contributed by atoms with Gasteiger partial charge in [-0.2, -0.15) is 10.4 Å². The average molecular weight is 252 g/mol. The summed E-state index contributed by atoms with van der Waals surface area (Å²) in [6.07, 6.45) is 2.35. The molecule has 3 rings (SSSR count). The van der Waals surface area contributed by atoms with E-state index in [0.29, 0.717) is 18.0 Å². The van der Waals surface area contributed by atoms with E-state index in [0.717, 1.165) is 17.7 Å². The Morgan fingerprint density at radius 3 is 3.11 bits per heavy atom. The summed E-state index contributed by atoms with van der Waals surface area (Å²) in [5, 5.41) is 20.2. The lowest BCUT2D eigenvalue weighted by Gasteiger charge is -2.27. The van der Waals surface area contributed by atoms with E-state index in [2.05, 4.69) is 21.6 Å². The summed E-state index contributed by atoms with van der Waals surface area (Å²) >= 11 is 0. The van der Waals surface area contributed by atoms with Crippen molar-refractivity contribution >= 4 is 5.82 Å². The first-order valence-corrected chi connectivity index (χ1v) is 6.08. The molecule has 2 heterocycles. The minimum atomic E-state index is 0.0914. The highest BCUT2D eigenvalue weighted by Crippen LogP contribution is 2.33. The zero-order chi connectivity index (χ0) is 13.1. The fourth-order valence-electron chi connectivity index (χ4n) is 2.19. The molecule has 5 nitrogen and oxygen atoms in total. The first-order valence-electron chi connectivity index (χ1n) is 6.08. The van der Waals surface area contributed by atoms with Crippen molar-refractivity contribution in [3.63, 3.8) is 0 Å². The lowest BCUT2D eigenvalue weighted by molar-refractivity contribution is 0.274. The van der Waals surface area contributed by atoms with E-state index < -0.39 is 0 Å². The Balaban J connectivity index is 1.91. The van der Waals surface area contributed by atoms with Crippen LogP contribution in [-0.4, -0.2) is 16.8 Å². The van der Waals surface area contributed by atoms with Gasteiger partial charge in [0.15, 0.2) is 5.82 Å². The molecule has 0 radical (unpaired) electrons. The predicted octanol–water partition coefficient (Wildman–Crippen LogP) is 2.28. The van der Waals surface area contributed by atoms with Crippen LogP contribution in [0.4, 0.5) is 5.82 Å². The third-order valence-corrected chi connectivity index (χ3v) is 3.11. The number of hydrogen-bond acceptors (Lipinski definition) is 5. The van der Waals surface area contributed by atoms with Gasteiger partial charge in [0.25, 0.3) is 0 Å². The summed E-state index contributed by atoms with van der Waals surface area (Å²) in [6, 6.07) is 11.8. The standard InChI is InChI=1S/C14H12N4O/c15-9-10-5-7-16-18-14(10)17-12-6-8-19-13-4-2-1-3-11(12)13/h1-5,7,12H,6,8H2,(H,17,18). The molecule has 19 heavy (non-hydrogen) atoms. The largest absolute Gasteiger partial charge is 0.493 e. The van der Waals surface area contributed by atoms with Gasteiger partial charge in [-0.1, -0.05) is 18.2 Å². The number of rotatable bonds is 2. The number of para-hydroxylation sites is 1. The number of fused-ring (bicyclic) bond motifs is 1. The SMILES string of the molecule is N#Cc1ccnnc1NC1CCOc2ccccc21. The van der Waals surface area contributed by atoms with E-state index in [1.54, 1.807) is 6.07 Å². The molecule has 0 bridgehead atoms. The molecule has 0 fully saturated rings. The van der Waals surface area contributed by atoms with Crippen molar-refractivity contribution in [3.05, 3.63) is 47.7 Å². The lowest BCUT2D eigenvalue weighted by Crippen LogP contribution is -2.21. The van der Waals surface area contributed by atoms with Crippen LogP contribution in [0.25, 0.3) is 0 Å². The minimum Gasteiger partial charge on any atom is -0.493 e. The molecular weight excluding hydrogens is 240 g/mol. The van der Waals surface area contributed by atoms with Crippen LogP contribution >= 0.6 is 0 Å². The van der Waals surface area contributed by atoms with Gasteiger partial charge in [0.2, 0.25) is 0 Å². The number of anilines is 1. The third-order valence-electron chi connectivity index (χ3n) is 3.11. The highest BCUT2D eigenvalue weighted by Gasteiger charge is 2.22. The summed E-state index contributed by atoms with van der Waals surface area (Å²) < 4.78 is 5.61. The monoisotopic (exact) mass is 252 g/mol. The van der Waals surface area contributed by atoms with Gasteiger partial charge in [-0.15, -0.1) is 5.10 Å². The first kappa shape index (κ1) is 11.5. The Morgan fingerprint density at radius 2 is 2.21 bits per heavy atom. The van der Waals surface area contributed by atoms with Crippen molar-refractivity contribution < 1.29 is 4.74 Å². The zero-order valence-electron chi connectivity index (χ0n) is 10.2. The van der Waals surface area contributed by atoms with Gasteiger partial charge in [0.1, 0.15) is 11.8 Å². The maximum absolute atomic E-state index is 9.06. The van der Waals surface area contributed by atoms with Gasteiger partial charge in [-0.3, -0.25) is 0 Å². The van der Waals surface area contributed by atoms with E-state index in [9.17, 15) is 0 Å². The summed E-state index contributed by atoms with van der Waals surface area (Å²) in [7, 11) is 0. The van der Waals surface area contributed by atoms with Gasteiger partial charge in [-0.25, -0.2) is 0 Å². The quantitative estimate of drug-likeness (QED) is 0.887. The highest BCUT2D eigenvalue weighted by molar-refractivity contribution is 5.53. The molecule has 1 N–H and O–H groups in total. The number of nitrogens with zero attached hydrogens (tertiary/aromatic N) is 3. The van der Waals surface area contributed by atoms with Gasteiger partial charge >= 0.3 is 0 Å². The molecule has 1 aliphatic heterocycles. The average Bonchev–Trinajstić information content (AvgIpc) is 2.48. The summed E-state index contributed by atoms with van der Waals surface area (Å²) in [6.45, 7) is 0.650. The molecule has 0 amide bonds. The first-order chi connectivity index (χ1) is 9.38. The number of hydrogen-bond donors (Lipinski definition) is 1. The van der Waals surface area contributed by atoms with Crippen molar-refractivity contribution in [1.29, 1.82) is 5.26 Å². The van der Waals surface area contributed by atoms with Gasteiger partial charge in [0, 0.05) is 12.0 Å². The molecule has 0 aliphatic carbocycles. The second-order valence-electron chi connectivity index (χ2n) is 4.28. The fraction of sp³-hybridized carbons (Fsp3) is 0.214. The predicted molar refractivity (Wildman–Crippen MR) is 69.7 cm³/mol. The Bertz CT molecular complexity index is 635. The molecule has 0 saturated heterocycles. The summed E-state index contributed by atoms with van der Waals surface area (Å²) in [5.74, 6) is 1.40. The number of benzene rings is 1. The molecule has 1 aromatic heterocycles. The van der Waals surface area contributed by atoms with Crippen LogP contribution < -0.4 is 10.1 Å². The molecule has 5 heteroatoms. The van der Waals surface area contributed by atoms with Crippen LogP contribution in [0.5, 0.6) is 5.75 Å². The fourth-order valence-corrected chi connectivity index (χ4v) is 2.19. The number of ether oxygens (including phenoxy) is 1. The molecule has 0 spiro atoms. The second kappa shape index (κ2) is 4.94. The number of nitrogens with one attached hydrogen (secondary N) is 1. The van der Waals surface area contributed by atoms with Gasteiger partial charge < -0.3 is 10.1 Å². The van der Waals surface area contributed by atoms with Crippen LogP contribution in [0, 0.1) is 11.3 Å². The molecule has 1 aliphatic rings. The summed E-state index contributed by atoms with van der Waals surface area (Å²) in [5.41, 5.74) is 1.59. The Hall–Kier alpha value is -2.61. The zero-order valence-corrected chi connectivity index (χ0v) is 10.2. The summed E-state index contributed by atoms with van der Waals surface area (Å²) in [4.78, 5) is 0. The van der Waals surface area contributed by atoms with E-state index in [1.165, 1.54) is 6.20 Å². The Morgan fingerprint density at radius 1 is 1.32 bits per heavy atom. The van der Waals surface area contributed by atoms with Crippen LogP contribution in [0.1, 0.15) is 23.6 Å². The second-order valence-corrected chi connectivity index (χ2v) is 4.28. The van der Waals surface area contributed by atoms with Gasteiger partial charge in [-0.05, 0) is 12.1 Å². The van der Waals surface area contributed by atoms with Crippen molar-refractivity contribution in [3.8, 4) is 11.8 Å². The van der Waals surface area contributed by atoms with E-state index in [-0.39, 0.29) is 6.04 Å². The molecule has 94 valence electrons. The number of nitriles is 1. The van der Waals surface area contributed by atoms with E-state index >= 15 is 0 Å². The lowest BCUT2D eigenvalue weighted by atomic mass is 10.0. The van der Waals surface area contributed by atoms with Crippen LogP contribution in [0.2, 0.25) is 0 Å². The molecule has 2 aromatic rings. The van der Waals surface area contributed by atoms with Crippen molar-refractivity contribution in [2.45, 2.75) is 12.5 Å². The molecule has 1 unspecified atom stereocenters. The molecule has 1 atom stereocenters. The van der Waals surface area contributed by atoms with Crippen LogP contribution in [-0.2, 0) is 0 Å². The van der Waals surface area contributed by atoms with Gasteiger partial charge in [0.05, 0.1) is 24.4 Å². The van der Waals surface area contributed by atoms with Crippen molar-refractivity contribution in [2.24, 2.45) is 0 Å². The smallest absolute Gasteiger partial charge is 0.167 e. The molecule has 1 aromatic carbocycles. The minimum absolute atomic E-state index is 0.0914. The Labute approximate surface area is 110 Å².